The van der Waals surface area contributed by atoms with Crippen molar-refractivity contribution in [2.45, 2.75) is 27.7 Å². The van der Waals surface area contributed by atoms with Crippen molar-refractivity contribution in [1.82, 2.24) is 0 Å². The van der Waals surface area contributed by atoms with Crippen LogP contribution >= 0.6 is 0 Å². The molecule has 0 radical (unpaired) electrons. The van der Waals surface area contributed by atoms with E-state index in [0.717, 1.165) is 11.4 Å². The van der Waals surface area contributed by atoms with Gasteiger partial charge in [0.2, 0.25) is 0 Å². The summed E-state index contributed by atoms with van der Waals surface area (Å²) >= 11 is 0. The third-order valence-corrected chi connectivity index (χ3v) is 6.32. The van der Waals surface area contributed by atoms with Crippen LogP contribution in [0.5, 0.6) is 0 Å². The second kappa shape index (κ2) is 7.88. The molecule has 0 N–H and O–H groups in total. The Balaban J connectivity index is 0.00000231. The first-order valence-corrected chi connectivity index (χ1v) is 10.3. The molecule has 2 aliphatic rings. The van der Waals surface area contributed by atoms with Gasteiger partial charge >= 0.3 is 0 Å². The van der Waals surface area contributed by atoms with Gasteiger partial charge in [-0.15, -0.1) is 29.6 Å². The van der Waals surface area contributed by atoms with E-state index in [9.17, 15) is 0 Å². The Kier molecular flexibility index (Phi) is 5.52. The molecule has 5 rings (SSSR count). The van der Waals surface area contributed by atoms with E-state index in [2.05, 4.69) is 123 Å². The number of hydrogen-bond donors (Lipinski definition) is 0. The van der Waals surface area contributed by atoms with Gasteiger partial charge < -0.3 is 19.6 Å². The van der Waals surface area contributed by atoms with Gasteiger partial charge in [0.05, 0.1) is 0 Å². The Hall–Kier alpha value is -2.50. The smallest absolute Gasteiger partial charge is 0.0329 e. The number of hydrogen-bond acceptors (Lipinski definition) is 4. The molecule has 0 saturated carbocycles. The molecule has 0 amide bonds. The number of aryl methyl sites for hydroxylation is 4. The van der Waals surface area contributed by atoms with Gasteiger partial charge in [-0.3, -0.25) is 0 Å². The fourth-order valence-corrected chi connectivity index (χ4v) is 4.23. The van der Waals surface area contributed by atoms with Crippen molar-refractivity contribution in [3.8, 4) is 0 Å². The van der Waals surface area contributed by atoms with Gasteiger partial charge in [-0.2, -0.15) is 19.4 Å². The maximum absolute atomic E-state index is 3.66. The Morgan fingerprint density at radius 2 is 0.968 bits per heavy atom. The summed E-state index contributed by atoms with van der Waals surface area (Å²) in [7, 11) is 4.20. The van der Waals surface area contributed by atoms with Gasteiger partial charge in [0.15, 0.2) is 0 Å². The van der Waals surface area contributed by atoms with E-state index in [0.29, 0.717) is 0 Å². The van der Waals surface area contributed by atoms with Gasteiger partial charge in [-0.1, -0.05) is 0 Å². The molecule has 162 valence electrons. The molecule has 0 aliphatic carbocycles. The average Bonchev–Trinajstić information content (AvgIpc) is 3.20. The van der Waals surface area contributed by atoms with Gasteiger partial charge in [0.25, 0.3) is 0 Å². The number of nitrogens with zero attached hydrogens (tertiary/aromatic N) is 4. The molecule has 0 atom stereocenters. The third kappa shape index (κ3) is 3.50. The van der Waals surface area contributed by atoms with Crippen molar-refractivity contribution < 1.29 is 19.8 Å². The van der Waals surface area contributed by atoms with Crippen molar-refractivity contribution in [3.63, 3.8) is 0 Å². The standard InChI is InChI=1S/C26H27N4.Os/c1-17-10-23-25(12-19(17)3)29(15-27(23)5)21-8-7-9-22(14-21)30-16-28(6)24-11-18(2)20(4)13-26(24)30;/h7-13,15-16H,1-6H3;/q-3;. The first-order chi connectivity index (χ1) is 14.3. The molecule has 0 aromatic heterocycles. The fraction of sp³-hybridized carbons (Fsp3) is 0.231. The molecule has 5 heteroatoms. The molecular weight excluding hydrogens is 559 g/mol. The SMILES string of the molecule is Cc1cc2c(cc1C)N(c1[c-]c(N3[CH-]N(C)c4cc(C)c(C)cc43)ccc1)[CH-]N2C.[Os]. The van der Waals surface area contributed by atoms with Crippen LogP contribution in [0, 0.1) is 47.1 Å². The second-order valence-corrected chi connectivity index (χ2v) is 8.46. The van der Waals surface area contributed by atoms with Gasteiger partial charge in [0, 0.05) is 42.5 Å². The van der Waals surface area contributed by atoms with Crippen molar-refractivity contribution in [2.24, 2.45) is 0 Å². The maximum Gasteiger partial charge on any atom is 0.0329 e. The van der Waals surface area contributed by atoms with Crippen molar-refractivity contribution in [1.29, 1.82) is 0 Å². The molecule has 0 unspecified atom stereocenters. The van der Waals surface area contributed by atoms with E-state index in [1.165, 1.54) is 45.0 Å². The summed E-state index contributed by atoms with van der Waals surface area (Å²) in [6, 6.07) is 19.1. The summed E-state index contributed by atoms with van der Waals surface area (Å²) in [6.45, 7) is 12.9. The molecule has 0 spiro atoms. The summed E-state index contributed by atoms with van der Waals surface area (Å²) in [4.78, 5) is 8.82. The number of rotatable bonds is 2. The monoisotopic (exact) mass is 587 g/mol. The first kappa shape index (κ1) is 21.7. The zero-order valence-electron chi connectivity index (χ0n) is 18.8. The number of anilines is 6. The second-order valence-electron chi connectivity index (χ2n) is 8.46. The van der Waals surface area contributed by atoms with Crippen LogP contribution < -0.4 is 19.6 Å². The Morgan fingerprint density at radius 3 is 1.35 bits per heavy atom. The summed E-state index contributed by atoms with van der Waals surface area (Å²) in [6.07, 6.45) is 0. The van der Waals surface area contributed by atoms with Crippen LogP contribution in [-0.2, 0) is 19.8 Å². The topological polar surface area (TPSA) is 13.0 Å². The predicted molar refractivity (Wildman–Crippen MR) is 127 cm³/mol. The molecule has 0 saturated heterocycles. The molecule has 31 heavy (non-hydrogen) atoms. The summed E-state index contributed by atoms with van der Waals surface area (Å²) in [5, 5.41) is 0. The minimum absolute atomic E-state index is 0. The third-order valence-electron chi connectivity index (χ3n) is 6.32. The van der Waals surface area contributed by atoms with Crippen molar-refractivity contribution in [3.05, 3.63) is 84.1 Å². The normalized spacial score (nSPS) is 14.6. The van der Waals surface area contributed by atoms with Crippen LogP contribution in [-0.4, -0.2) is 14.1 Å². The maximum atomic E-state index is 3.66. The van der Waals surface area contributed by atoms with Crippen LogP contribution in [0.1, 0.15) is 22.3 Å². The number of fused-ring (bicyclic) bond motifs is 2. The van der Waals surface area contributed by atoms with E-state index in [-0.39, 0.29) is 19.8 Å². The zero-order chi connectivity index (χ0) is 21.2. The zero-order valence-corrected chi connectivity index (χ0v) is 21.4. The molecule has 3 aromatic rings. The van der Waals surface area contributed by atoms with E-state index in [1.54, 1.807) is 0 Å². The molecule has 2 heterocycles. The molecule has 4 nitrogen and oxygen atoms in total. The predicted octanol–water partition coefficient (Wildman–Crippen LogP) is 6.13. The Labute approximate surface area is 199 Å². The van der Waals surface area contributed by atoms with E-state index in [1.807, 2.05) is 0 Å². The van der Waals surface area contributed by atoms with Crippen LogP contribution in [0.25, 0.3) is 0 Å². The molecule has 2 aliphatic heterocycles. The van der Waals surface area contributed by atoms with Crippen LogP contribution in [0.4, 0.5) is 34.1 Å². The van der Waals surface area contributed by atoms with Gasteiger partial charge in [-0.05, 0) is 88.3 Å². The van der Waals surface area contributed by atoms with Gasteiger partial charge in [-0.25, -0.2) is 0 Å². The molecule has 3 aromatic carbocycles. The van der Waals surface area contributed by atoms with Crippen molar-refractivity contribution >= 4 is 34.1 Å². The van der Waals surface area contributed by atoms with E-state index in [4.69, 9.17) is 0 Å². The number of benzene rings is 3. The molecular formula is C26H27N4Os-3. The quantitative estimate of drug-likeness (QED) is 0.336. The van der Waals surface area contributed by atoms with Gasteiger partial charge in [0.1, 0.15) is 0 Å². The van der Waals surface area contributed by atoms with Crippen LogP contribution in [0.15, 0.2) is 42.5 Å². The average molecular weight is 586 g/mol. The summed E-state index contributed by atoms with van der Waals surface area (Å²) in [5.41, 5.74) is 12.1. The van der Waals surface area contributed by atoms with Crippen molar-refractivity contribution in [2.75, 3.05) is 33.7 Å². The summed E-state index contributed by atoms with van der Waals surface area (Å²) < 4.78 is 0. The minimum atomic E-state index is 0. The van der Waals surface area contributed by atoms with Crippen LogP contribution in [0.2, 0.25) is 0 Å². The largest absolute Gasteiger partial charge is 0.504 e. The fourth-order valence-electron chi connectivity index (χ4n) is 4.23. The summed E-state index contributed by atoms with van der Waals surface area (Å²) in [5.74, 6) is 0. The Bertz CT molecular complexity index is 1070. The first-order valence-electron chi connectivity index (χ1n) is 10.3. The Morgan fingerprint density at radius 1 is 0.613 bits per heavy atom. The van der Waals surface area contributed by atoms with E-state index >= 15 is 0 Å². The molecule has 0 fully saturated rings. The minimum Gasteiger partial charge on any atom is -0.504 e. The molecule has 0 bridgehead atoms. The van der Waals surface area contributed by atoms with Crippen LogP contribution in [0.3, 0.4) is 0 Å². The van der Waals surface area contributed by atoms with E-state index < -0.39 is 0 Å².